The van der Waals surface area contributed by atoms with E-state index in [0.29, 0.717) is 5.13 Å². The van der Waals surface area contributed by atoms with Crippen molar-refractivity contribution < 1.29 is 9.90 Å². The summed E-state index contributed by atoms with van der Waals surface area (Å²) in [6, 6.07) is 0. The minimum absolute atomic E-state index is 0.0496. The second-order valence-electron chi connectivity index (χ2n) is 3.95. The van der Waals surface area contributed by atoms with Gasteiger partial charge in [0.05, 0.1) is 6.42 Å². The quantitative estimate of drug-likeness (QED) is 0.804. The summed E-state index contributed by atoms with van der Waals surface area (Å²) >= 11 is 1.26. The number of nitrogens with one attached hydrogen (secondary N) is 1. The van der Waals surface area contributed by atoms with E-state index in [1.54, 1.807) is 0 Å². The molecule has 0 saturated carbocycles. The number of hydrogen-bond donors (Lipinski definition) is 2. The lowest BCUT2D eigenvalue weighted by Gasteiger charge is -2.23. The van der Waals surface area contributed by atoms with Crippen molar-refractivity contribution in [3.63, 3.8) is 0 Å². The van der Waals surface area contributed by atoms with Gasteiger partial charge in [0.25, 0.3) is 0 Å². The molecule has 0 bridgehead atoms. The predicted molar refractivity (Wildman–Crippen MR) is 59.2 cm³/mol. The van der Waals surface area contributed by atoms with E-state index in [0.717, 1.165) is 12.2 Å². The van der Waals surface area contributed by atoms with Gasteiger partial charge in [-0.2, -0.15) is 4.37 Å². The Hall–Kier alpha value is -1.17. The summed E-state index contributed by atoms with van der Waals surface area (Å²) in [5, 5.41) is 12.5. The van der Waals surface area contributed by atoms with Crippen LogP contribution in [0.2, 0.25) is 0 Å². The third kappa shape index (κ3) is 3.83. The van der Waals surface area contributed by atoms with E-state index in [1.165, 1.54) is 11.5 Å². The van der Waals surface area contributed by atoms with E-state index in [9.17, 15) is 4.79 Å². The van der Waals surface area contributed by atoms with E-state index in [-0.39, 0.29) is 6.42 Å². The molecule has 5 nitrogen and oxygen atoms in total. The molecule has 84 valence electrons. The topological polar surface area (TPSA) is 75.1 Å². The average molecular weight is 229 g/mol. The molecule has 0 fully saturated rings. The number of carboxylic acids is 1. The molecule has 0 aliphatic carbocycles. The maximum absolute atomic E-state index is 10.6. The van der Waals surface area contributed by atoms with Crippen molar-refractivity contribution in [2.24, 2.45) is 0 Å². The highest BCUT2D eigenvalue weighted by atomic mass is 32.1. The zero-order valence-corrected chi connectivity index (χ0v) is 9.89. The molecule has 1 aromatic rings. The number of carboxylic acid groups (broad SMARTS) is 1. The molecule has 0 aliphatic heterocycles. The predicted octanol–water partition coefficient (Wildman–Crippen LogP) is 1.77. The van der Waals surface area contributed by atoms with Crippen LogP contribution in [0.4, 0.5) is 5.13 Å². The number of aryl methyl sites for hydroxylation is 1. The van der Waals surface area contributed by atoms with Gasteiger partial charge in [-0.05, 0) is 13.8 Å². The molecule has 0 unspecified atom stereocenters. The fraction of sp³-hybridized carbons (Fsp3) is 0.667. The lowest BCUT2D eigenvalue weighted by molar-refractivity contribution is -0.137. The summed E-state index contributed by atoms with van der Waals surface area (Å²) in [7, 11) is 0. The maximum Gasteiger partial charge on any atom is 0.305 e. The maximum atomic E-state index is 10.6. The zero-order valence-electron chi connectivity index (χ0n) is 9.07. The molecular weight excluding hydrogens is 214 g/mol. The summed E-state index contributed by atoms with van der Waals surface area (Å²) in [6.45, 7) is 5.64. The van der Waals surface area contributed by atoms with Gasteiger partial charge in [0.2, 0.25) is 5.13 Å². The fourth-order valence-electron chi connectivity index (χ4n) is 1.16. The molecule has 0 radical (unpaired) electrons. The van der Waals surface area contributed by atoms with Gasteiger partial charge in [0, 0.05) is 23.5 Å². The summed E-state index contributed by atoms with van der Waals surface area (Å²) in [4.78, 5) is 14.8. The van der Waals surface area contributed by atoms with Gasteiger partial charge < -0.3 is 10.4 Å². The zero-order chi connectivity index (χ0) is 11.5. The van der Waals surface area contributed by atoms with Crippen LogP contribution in [0.25, 0.3) is 0 Å². The monoisotopic (exact) mass is 229 g/mol. The van der Waals surface area contributed by atoms with Crippen LogP contribution < -0.4 is 5.32 Å². The van der Waals surface area contributed by atoms with E-state index in [2.05, 4.69) is 14.7 Å². The lowest BCUT2D eigenvalue weighted by Crippen LogP contribution is -2.33. The van der Waals surface area contributed by atoms with Crippen LogP contribution in [-0.4, -0.2) is 26.0 Å². The normalized spacial score (nSPS) is 11.4. The Morgan fingerprint density at radius 1 is 1.60 bits per heavy atom. The van der Waals surface area contributed by atoms with E-state index >= 15 is 0 Å². The van der Waals surface area contributed by atoms with Crippen LogP contribution in [0.5, 0.6) is 0 Å². The Labute approximate surface area is 92.7 Å². The van der Waals surface area contributed by atoms with Crippen LogP contribution in [0.1, 0.15) is 33.0 Å². The summed E-state index contributed by atoms with van der Waals surface area (Å²) in [6.07, 6.45) is 0.839. The van der Waals surface area contributed by atoms with E-state index in [4.69, 9.17) is 5.11 Å². The van der Waals surface area contributed by atoms with Crippen molar-refractivity contribution in [2.45, 2.75) is 39.2 Å². The van der Waals surface area contributed by atoms with Gasteiger partial charge in [-0.15, -0.1) is 0 Å². The van der Waals surface area contributed by atoms with Crippen LogP contribution in [0, 0.1) is 0 Å². The Bertz CT molecular complexity index is 349. The third-order valence-corrected chi connectivity index (χ3v) is 2.49. The molecule has 0 saturated heterocycles. The number of nitrogens with zero attached hydrogens (tertiary/aromatic N) is 2. The molecule has 0 aromatic carbocycles. The smallest absolute Gasteiger partial charge is 0.305 e. The summed E-state index contributed by atoms with van der Waals surface area (Å²) in [5.41, 5.74) is -0.504. The van der Waals surface area contributed by atoms with Gasteiger partial charge in [0.1, 0.15) is 5.82 Å². The molecule has 0 spiro atoms. The minimum Gasteiger partial charge on any atom is -0.481 e. The van der Waals surface area contributed by atoms with Crippen molar-refractivity contribution in [1.29, 1.82) is 0 Å². The molecule has 1 rings (SSSR count). The molecule has 6 heteroatoms. The van der Waals surface area contributed by atoms with Crippen LogP contribution in [-0.2, 0) is 11.2 Å². The summed E-state index contributed by atoms with van der Waals surface area (Å²) in [5.74, 6) is -0.0404. The highest BCUT2D eigenvalue weighted by molar-refractivity contribution is 7.09. The Morgan fingerprint density at radius 2 is 2.27 bits per heavy atom. The number of hydrogen-bond acceptors (Lipinski definition) is 5. The van der Waals surface area contributed by atoms with Crippen LogP contribution >= 0.6 is 11.5 Å². The van der Waals surface area contributed by atoms with E-state index < -0.39 is 11.5 Å². The SMILES string of the molecule is CCc1nsc(NC(C)(C)CC(=O)O)n1. The van der Waals surface area contributed by atoms with Gasteiger partial charge in [-0.25, -0.2) is 4.98 Å². The molecule has 0 amide bonds. The number of aliphatic carboxylic acids is 1. The Kier molecular flexibility index (Phi) is 3.62. The second kappa shape index (κ2) is 4.57. The first-order valence-corrected chi connectivity index (χ1v) is 5.53. The van der Waals surface area contributed by atoms with Gasteiger partial charge in [0.15, 0.2) is 0 Å². The number of aromatic nitrogens is 2. The summed E-state index contributed by atoms with van der Waals surface area (Å²) < 4.78 is 4.12. The molecular formula is C9H15N3O2S. The van der Waals surface area contributed by atoms with Crippen molar-refractivity contribution in [1.82, 2.24) is 9.36 Å². The third-order valence-electron chi connectivity index (χ3n) is 1.82. The first-order valence-electron chi connectivity index (χ1n) is 4.75. The lowest BCUT2D eigenvalue weighted by atomic mass is 10.0. The molecule has 1 aromatic heterocycles. The van der Waals surface area contributed by atoms with Crippen LogP contribution in [0.3, 0.4) is 0 Å². The standard InChI is InChI=1S/C9H15N3O2S/c1-4-6-10-8(15-12-6)11-9(2,3)5-7(13)14/h4-5H2,1-3H3,(H,13,14)(H,10,11,12). The average Bonchev–Trinajstić information content (AvgIpc) is 2.48. The van der Waals surface area contributed by atoms with Crippen molar-refractivity contribution in [3.8, 4) is 0 Å². The van der Waals surface area contributed by atoms with E-state index in [1.807, 2.05) is 20.8 Å². The van der Waals surface area contributed by atoms with Crippen molar-refractivity contribution >= 4 is 22.6 Å². The van der Waals surface area contributed by atoms with Gasteiger partial charge >= 0.3 is 5.97 Å². The molecule has 15 heavy (non-hydrogen) atoms. The number of rotatable bonds is 5. The molecule has 1 heterocycles. The molecule has 0 aliphatic rings. The highest BCUT2D eigenvalue weighted by Crippen LogP contribution is 2.19. The first-order chi connectivity index (χ1) is 6.93. The van der Waals surface area contributed by atoms with Crippen LogP contribution in [0.15, 0.2) is 0 Å². The number of carbonyl (C=O) groups is 1. The highest BCUT2D eigenvalue weighted by Gasteiger charge is 2.22. The van der Waals surface area contributed by atoms with Crippen molar-refractivity contribution in [2.75, 3.05) is 5.32 Å². The Balaban J connectivity index is 2.63. The molecule has 0 atom stereocenters. The van der Waals surface area contributed by atoms with Crippen molar-refractivity contribution in [3.05, 3.63) is 5.82 Å². The van der Waals surface area contributed by atoms with Gasteiger partial charge in [-0.3, -0.25) is 4.79 Å². The first kappa shape index (κ1) is 11.9. The largest absolute Gasteiger partial charge is 0.481 e. The number of anilines is 1. The van der Waals surface area contributed by atoms with Gasteiger partial charge in [-0.1, -0.05) is 6.92 Å². The fourth-order valence-corrected chi connectivity index (χ4v) is 1.99. The second-order valence-corrected chi connectivity index (χ2v) is 4.70. The molecule has 2 N–H and O–H groups in total. The minimum atomic E-state index is -0.826. The Morgan fingerprint density at radius 3 is 2.73 bits per heavy atom.